The summed E-state index contributed by atoms with van der Waals surface area (Å²) in [5.41, 5.74) is 1.47. The van der Waals surface area contributed by atoms with Gasteiger partial charge in [-0.15, -0.1) is 0 Å². The molecule has 19 heavy (non-hydrogen) atoms. The van der Waals surface area contributed by atoms with Gasteiger partial charge in [-0.3, -0.25) is 10.1 Å². The molecule has 0 radical (unpaired) electrons. The van der Waals surface area contributed by atoms with E-state index in [0.717, 1.165) is 16.2 Å². The highest BCUT2D eigenvalue weighted by Crippen LogP contribution is 2.32. The average molecular weight is 385 g/mol. The number of nitro benzene ring substituents is 1. The van der Waals surface area contributed by atoms with Gasteiger partial charge in [0.1, 0.15) is 0 Å². The van der Waals surface area contributed by atoms with Crippen molar-refractivity contribution in [1.29, 1.82) is 0 Å². The highest BCUT2D eigenvalue weighted by atomic mass is 127. The van der Waals surface area contributed by atoms with E-state index in [1.165, 1.54) is 5.56 Å². The van der Waals surface area contributed by atoms with Crippen molar-refractivity contribution in [2.75, 3.05) is 0 Å². The second-order valence-electron chi connectivity index (χ2n) is 3.97. The van der Waals surface area contributed by atoms with Crippen LogP contribution >= 0.6 is 34.4 Å². The lowest BCUT2D eigenvalue weighted by Crippen LogP contribution is -1.91. The quantitative estimate of drug-likeness (QED) is 0.427. The van der Waals surface area contributed by atoms with Gasteiger partial charge in [-0.1, -0.05) is 30.8 Å². The first-order valence-electron chi connectivity index (χ1n) is 5.81. The maximum absolute atomic E-state index is 10.8. The van der Waals surface area contributed by atoms with Crippen molar-refractivity contribution in [3.8, 4) is 0 Å². The van der Waals surface area contributed by atoms with Gasteiger partial charge in [0.15, 0.2) is 0 Å². The fourth-order valence-electron chi connectivity index (χ4n) is 1.63. The molecule has 0 aliphatic heterocycles. The van der Waals surface area contributed by atoms with E-state index in [0.29, 0.717) is 3.57 Å². The van der Waals surface area contributed by atoms with Crippen LogP contribution < -0.4 is 0 Å². The third-order valence-electron chi connectivity index (χ3n) is 2.68. The third-order valence-corrected chi connectivity index (χ3v) is 4.54. The number of nitro groups is 1. The summed E-state index contributed by atoms with van der Waals surface area (Å²) in [6.45, 7) is 2.13. The van der Waals surface area contributed by atoms with Gasteiger partial charge < -0.3 is 0 Å². The van der Waals surface area contributed by atoms with Crippen LogP contribution in [0.4, 0.5) is 5.69 Å². The molecule has 0 heterocycles. The number of benzene rings is 2. The summed E-state index contributed by atoms with van der Waals surface area (Å²) in [7, 11) is 0. The Morgan fingerprint density at radius 2 is 1.79 bits per heavy atom. The Morgan fingerprint density at radius 3 is 2.32 bits per heavy atom. The molecule has 0 bridgehead atoms. The number of nitrogens with zero attached hydrogens (tertiary/aromatic N) is 1. The van der Waals surface area contributed by atoms with Crippen molar-refractivity contribution in [2.45, 2.75) is 23.1 Å². The van der Waals surface area contributed by atoms with Crippen LogP contribution in [0.1, 0.15) is 12.5 Å². The zero-order valence-corrected chi connectivity index (χ0v) is 13.3. The van der Waals surface area contributed by atoms with Crippen molar-refractivity contribution >= 4 is 40.0 Å². The van der Waals surface area contributed by atoms with Crippen molar-refractivity contribution in [2.24, 2.45) is 0 Å². The van der Waals surface area contributed by atoms with Crippen LogP contribution in [-0.2, 0) is 6.42 Å². The molecule has 0 aliphatic rings. The van der Waals surface area contributed by atoms with Gasteiger partial charge in [-0.2, -0.15) is 0 Å². The molecule has 0 aromatic heterocycles. The first-order valence-corrected chi connectivity index (χ1v) is 7.70. The summed E-state index contributed by atoms with van der Waals surface area (Å²) in [6.07, 6.45) is 1.03. The van der Waals surface area contributed by atoms with E-state index in [4.69, 9.17) is 0 Å². The molecule has 0 aliphatic carbocycles. The number of hydrogen-bond donors (Lipinski definition) is 0. The van der Waals surface area contributed by atoms with E-state index in [9.17, 15) is 10.1 Å². The molecule has 0 unspecified atom stereocenters. The molecule has 3 nitrogen and oxygen atoms in total. The van der Waals surface area contributed by atoms with Gasteiger partial charge in [0.05, 0.1) is 8.49 Å². The average Bonchev–Trinajstić information content (AvgIpc) is 2.39. The maximum Gasteiger partial charge on any atom is 0.282 e. The molecule has 0 fully saturated rings. The molecule has 0 saturated heterocycles. The smallest absolute Gasteiger partial charge is 0.258 e. The first kappa shape index (κ1) is 14.3. The second-order valence-corrected chi connectivity index (χ2v) is 6.28. The highest BCUT2D eigenvalue weighted by molar-refractivity contribution is 14.1. The normalized spacial score (nSPS) is 10.4. The van der Waals surface area contributed by atoms with Crippen LogP contribution in [0.15, 0.2) is 52.3 Å². The van der Waals surface area contributed by atoms with Crippen LogP contribution in [-0.4, -0.2) is 4.92 Å². The SMILES string of the molecule is CCc1ccc(Sc2ccc([N+](=O)[O-])c(I)c2)cc1. The zero-order valence-electron chi connectivity index (χ0n) is 10.3. The lowest BCUT2D eigenvalue weighted by Gasteiger charge is -2.04. The van der Waals surface area contributed by atoms with Gasteiger partial charge in [0.2, 0.25) is 0 Å². The van der Waals surface area contributed by atoms with E-state index >= 15 is 0 Å². The minimum atomic E-state index is -0.355. The fraction of sp³-hybridized carbons (Fsp3) is 0.143. The Kier molecular flexibility index (Phi) is 4.81. The summed E-state index contributed by atoms with van der Waals surface area (Å²) in [5, 5.41) is 10.8. The highest BCUT2D eigenvalue weighted by Gasteiger charge is 2.11. The minimum Gasteiger partial charge on any atom is -0.258 e. The molecule has 0 N–H and O–H groups in total. The fourth-order valence-corrected chi connectivity index (χ4v) is 3.41. The van der Waals surface area contributed by atoms with Gasteiger partial charge in [0, 0.05) is 15.9 Å². The predicted octanol–water partition coefficient (Wildman–Crippen LogP) is 4.91. The van der Waals surface area contributed by atoms with Crippen LogP contribution in [0.3, 0.4) is 0 Å². The Bertz CT molecular complexity index is 599. The molecular weight excluding hydrogens is 373 g/mol. The van der Waals surface area contributed by atoms with Crippen molar-refractivity contribution < 1.29 is 4.92 Å². The Labute approximate surface area is 129 Å². The molecular formula is C14H12INO2S. The molecule has 2 aromatic carbocycles. The summed E-state index contributed by atoms with van der Waals surface area (Å²) in [5.74, 6) is 0. The maximum atomic E-state index is 10.8. The molecule has 0 saturated carbocycles. The lowest BCUT2D eigenvalue weighted by molar-refractivity contribution is -0.385. The molecule has 98 valence electrons. The molecule has 2 rings (SSSR count). The van der Waals surface area contributed by atoms with E-state index in [-0.39, 0.29) is 10.6 Å². The largest absolute Gasteiger partial charge is 0.282 e. The van der Waals surface area contributed by atoms with Crippen molar-refractivity contribution in [3.63, 3.8) is 0 Å². The van der Waals surface area contributed by atoms with E-state index in [2.05, 4.69) is 31.2 Å². The Morgan fingerprint density at radius 1 is 1.16 bits per heavy atom. The number of hydrogen-bond acceptors (Lipinski definition) is 3. The zero-order chi connectivity index (χ0) is 13.8. The van der Waals surface area contributed by atoms with Gasteiger partial charge >= 0.3 is 0 Å². The second kappa shape index (κ2) is 6.38. The van der Waals surface area contributed by atoms with Gasteiger partial charge in [-0.05, 0) is 58.8 Å². The summed E-state index contributed by atoms with van der Waals surface area (Å²) >= 11 is 3.61. The number of halogens is 1. The molecule has 0 atom stereocenters. The Hall–Kier alpha value is -1.08. The van der Waals surface area contributed by atoms with E-state index in [1.807, 2.05) is 28.7 Å². The predicted molar refractivity (Wildman–Crippen MR) is 85.8 cm³/mol. The lowest BCUT2D eigenvalue weighted by atomic mass is 10.2. The molecule has 0 amide bonds. The number of aryl methyl sites for hydroxylation is 1. The standard InChI is InChI=1S/C14H12INO2S/c1-2-10-3-5-11(6-4-10)19-12-7-8-14(16(17)18)13(15)9-12/h3-9H,2H2,1H3. The van der Waals surface area contributed by atoms with Crippen molar-refractivity contribution in [1.82, 2.24) is 0 Å². The van der Waals surface area contributed by atoms with Crippen molar-refractivity contribution in [3.05, 3.63) is 61.7 Å². The van der Waals surface area contributed by atoms with Gasteiger partial charge in [-0.25, -0.2) is 0 Å². The summed E-state index contributed by atoms with van der Waals surface area (Å²) in [4.78, 5) is 12.6. The molecule has 5 heteroatoms. The summed E-state index contributed by atoms with van der Waals surface area (Å²) in [6, 6.07) is 13.6. The van der Waals surface area contributed by atoms with Crippen LogP contribution in [0.2, 0.25) is 0 Å². The minimum absolute atomic E-state index is 0.159. The molecule has 2 aromatic rings. The van der Waals surface area contributed by atoms with E-state index in [1.54, 1.807) is 23.9 Å². The van der Waals surface area contributed by atoms with Crippen LogP contribution in [0.25, 0.3) is 0 Å². The first-order chi connectivity index (χ1) is 9.10. The topological polar surface area (TPSA) is 43.1 Å². The monoisotopic (exact) mass is 385 g/mol. The third kappa shape index (κ3) is 3.70. The Balaban J connectivity index is 2.18. The summed E-state index contributed by atoms with van der Waals surface area (Å²) < 4.78 is 0.665. The van der Waals surface area contributed by atoms with Gasteiger partial charge in [0.25, 0.3) is 5.69 Å². The molecule has 0 spiro atoms. The van der Waals surface area contributed by atoms with Crippen LogP contribution in [0, 0.1) is 13.7 Å². The number of rotatable bonds is 4. The van der Waals surface area contributed by atoms with E-state index < -0.39 is 0 Å². The van der Waals surface area contributed by atoms with Crippen LogP contribution in [0.5, 0.6) is 0 Å².